The van der Waals surface area contributed by atoms with Gasteiger partial charge in [0, 0.05) is 17.3 Å². The van der Waals surface area contributed by atoms with E-state index in [2.05, 4.69) is 20.8 Å². The largest absolute Gasteiger partial charge is 0.469 e. The third-order valence-corrected chi connectivity index (χ3v) is 11.3. The minimum Gasteiger partial charge on any atom is -0.469 e. The smallest absolute Gasteiger partial charge is 0.312 e. The molecule has 0 radical (unpaired) electrons. The molecule has 0 bridgehead atoms. The Balaban J connectivity index is 1.66. The van der Waals surface area contributed by atoms with Gasteiger partial charge in [0.05, 0.1) is 18.1 Å². The molecule has 5 aliphatic carbocycles. The van der Waals surface area contributed by atoms with Crippen LogP contribution in [0.3, 0.4) is 0 Å². The molecule has 0 aromatic heterocycles. The Morgan fingerprint density at radius 2 is 1.75 bits per heavy atom. The molecule has 3 saturated carbocycles. The molecule has 194 valence electrons. The Morgan fingerprint density at radius 3 is 2.39 bits per heavy atom. The summed E-state index contributed by atoms with van der Waals surface area (Å²) < 4.78 is 5.34. The van der Waals surface area contributed by atoms with Gasteiger partial charge in [0.1, 0.15) is 11.7 Å². The first-order valence-electron chi connectivity index (χ1n) is 13.4. The van der Waals surface area contributed by atoms with Crippen molar-refractivity contribution in [3.05, 3.63) is 23.3 Å². The van der Waals surface area contributed by atoms with Gasteiger partial charge in [-0.05, 0) is 80.6 Å². The first-order chi connectivity index (χ1) is 16.7. The van der Waals surface area contributed by atoms with E-state index in [9.17, 15) is 24.8 Å². The number of methoxy groups -OCH3 is 1. The van der Waals surface area contributed by atoms with Gasteiger partial charge in [0.2, 0.25) is 5.78 Å². The number of hydrogen-bond donors (Lipinski definition) is 1. The van der Waals surface area contributed by atoms with Crippen molar-refractivity contribution in [2.24, 2.45) is 45.3 Å². The highest BCUT2D eigenvalue weighted by molar-refractivity contribution is 6.06. The molecule has 6 nitrogen and oxygen atoms in total. The van der Waals surface area contributed by atoms with Crippen molar-refractivity contribution < 1.29 is 24.2 Å². The zero-order valence-electron chi connectivity index (χ0n) is 22.4. The second-order valence-electron chi connectivity index (χ2n) is 13.7. The van der Waals surface area contributed by atoms with Crippen molar-refractivity contribution in [3.8, 4) is 6.07 Å². The van der Waals surface area contributed by atoms with Crippen LogP contribution in [0.25, 0.3) is 0 Å². The molecule has 0 heterocycles. The Kier molecular flexibility index (Phi) is 5.38. The van der Waals surface area contributed by atoms with Gasteiger partial charge in [0.15, 0.2) is 5.78 Å². The molecule has 0 aromatic rings. The number of rotatable bonds is 1. The summed E-state index contributed by atoms with van der Waals surface area (Å²) in [6, 6.07) is 2.00. The molecule has 0 aromatic carbocycles. The van der Waals surface area contributed by atoms with Crippen LogP contribution in [0.4, 0.5) is 0 Å². The highest BCUT2D eigenvalue weighted by Crippen LogP contribution is 2.69. The molecule has 36 heavy (non-hydrogen) atoms. The quantitative estimate of drug-likeness (QED) is 0.530. The number of ether oxygens (including phenoxy) is 1. The van der Waals surface area contributed by atoms with Crippen LogP contribution in [0.2, 0.25) is 0 Å². The molecule has 4 unspecified atom stereocenters. The maximum absolute atomic E-state index is 14.1. The molecule has 1 N–H and O–H groups in total. The van der Waals surface area contributed by atoms with Crippen molar-refractivity contribution in [2.75, 3.05) is 7.11 Å². The Morgan fingerprint density at radius 1 is 1.06 bits per heavy atom. The van der Waals surface area contributed by atoms with Crippen molar-refractivity contribution >= 4 is 17.5 Å². The fourth-order valence-electron chi connectivity index (χ4n) is 9.51. The Labute approximate surface area is 214 Å². The molecule has 3 fully saturated rings. The van der Waals surface area contributed by atoms with Gasteiger partial charge < -0.3 is 9.84 Å². The molecule has 5 aliphatic rings. The normalized spacial score (nSPS) is 47.2. The minimum atomic E-state index is -1.66. The third kappa shape index (κ3) is 3.08. The molecule has 0 aliphatic heterocycles. The number of carbonyl (C=O) groups is 3. The first kappa shape index (κ1) is 25.4. The molecule has 5 rings (SSSR count). The Hall–Kier alpha value is -2.26. The highest BCUT2D eigenvalue weighted by atomic mass is 16.5. The summed E-state index contributed by atoms with van der Waals surface area (Å²) >= 11 is 0. The number of fused-ring (bicyclic) bond motifs is 7. The fourth-order valence-corrected chi connectivity index (χ4v) is 9.51. The van der Waals surface area contributed by atoms with Crippen LogP contribution in [-0.4, -0.2) is 35.4 Å². The third-order valence-electron chi connectivity index (χ3n) is 11.3. The molecule has 6 heteroatoms. The lowest BCUT2D eigenvalue weighted by atomic mass is 9.39. The van der Waals surface area contributed by atoms with Gasteiger partial charge in [-0.2, -0.15) is 5.26 Å². The number of carbonyl (C=O) groups excluding carboxylic acids is 3. The van der Waals surface area contributed by atoms with Crippen molar-refractivity contribution in [3.63, 3.8) is 0 Å². The van der Waals surface area contributed by atoms with Crippen LogP contribution in [0, 0.1) is 56.7 Å². The van der Waals surface area contributed by atoms with Gasteiger partial charge in [-0.1, -0.05) is 39.3 Å². The van der Waals surface area contributed by atoms with E-state index < -0.39 is 28.1 Å². The van der Waals surface area contributed by atoms with Crippen LogP contribution in [-0.2, 0) is 19.1 Å². The summed E-state index contributed by atoms with van der Waals surface area (Å²) in [6.07, 6.45) is 8.87. The minimum absolute atomic E-state index is 0.0270. The van der Waals surface area contributed by atoms with E-state index in [0.717, 1.165) is 37.7 Å². The number of allylic oxidation sites excluding steroid dienone is 3. The summed E-state index contributed by atoms with van der Waals surface area (Å²) in [5, 5.41) is 21.0. The molecular weight excluding hydrogens is 454 g/mol. The van der Waals surface area contributed by atoms with Crippen molar-refractivity contribution in [2.45, 2.75) is 85.2 Å². The maximum atomic E-state index is 14.1. The lowest BCUT2D eigenvalue weighted by molar-refractivity contribution is -0.179. The predicted molar refractivity (Wildman–Crippen MR) is 133 cm³/mol. The lowest BCUT2D eigenvalue weighted by Gasteiger charge is -2.64. The van der Waals surface area contributed by atoms with E-state index in [1.54, 1.807) is 12.2 Å². The van der Waals surface area contributed by atoms with E-state index in [4.69, 9.17) is 4.74 Å². The monoisotopic (exact) mass is 493 g/mol. The number of ketones is 2. The van der Waals surface area contributed by atoms with E-state index in [1.807, 2.05) is 13.0 Å². The average molecular weight is 494 g/mol. The molecule has 0 spiro atoms. The van der Waals surface area contributed by atoms with Gasteiger partial charge in [0.25, 0.3) is 0 Å². The fraction of sp³-hybridized carbons (Fsp3) is 0.733. The lowest BCUT2D eigenvalue weighted by Crippen LogP contribution is -2.63. The summed E-state index contributed by atoms with van der Waals surface area (Å²) in [4.78, 5) is 40.2. The molecule has 8 atom stereocenters. The zero-order valence-corrected chi connectivity index (χ0v) is 22.4. The number of nitrogens with zero attached hydrogens (tertiary/aromatic N) is 1. The van der Waals surface area contributed by atoms with E-state index in [0.29, 0.717) is 12.8 Å². The van der Waals surface area contributed by atoms with Gasteiger partial charge in [-0.15, -0.1) is 0 Å². The Bertz CT molecular complexity index is 1150. The van der Waals surface area contributed by atoms with Crippen LogP contribution >= 0.6 is 0 Å². The van der Waals surface area contributed by atoms with Crippen LogP contribution in [0.5, 0.6) is 0 Å². The number of esters is 1. The SMILES string of the molecule is COC(=O)[C@@]12CCC3C(C(=O)C=C4[C@@]5(C)C=C(C#N)C(=O)[C@@](C)(O)C5CC[C@]43C)C1CC(C)(C)CC2. The van der Waals surface area contributed by atoms with Crippen LogP contribution < -0.4 is 0 Å². The van der Waals surface area contributed by atoms with Crippen LogP contribution in [0.1, 0.15) is 79.6 Å². The number of nitriles is 1. The predicted octanol–water partition coefficient (Wildman–Crippen LogP) is 4.71. The number of Topliss-reactive ketones (excluding diaryl/α,β-unsaturated/α-hetero) is 1. The van der Waals surface area contributed by atoms with Gasteiger partial charge in [-0.25, -0.2) is 0 Å². The van der Waals surface area contributed by atoms with E-state index >= 15 is 0 Å². The number of aliphatic hydroxyl groups is 1. The molecule has 0 saturated heterocycles. The zero-order chi connectivity index (χ0) is 26.5. The highest BCUT2D eigenvalue weighted by Gasteiger charge is 2.67. The maximum Gasteiger partial charge on any atom is 0.312 e. The summed E-state index contributed by atoms with van der Waals surface area (Å²) in [5.74, 6) is -1.30. The van der Waals surface area contributed by atoms with Crippen molar-refractivity contribution in [1.29, 1.82) is 5.26 Å². The average Bonchev–Trinajstić information content (AvgIpc) is 2.81. The van der Waals surface area contributed by atoms with Crippen molar-refractivity contribution in [1.82, 2.24) is 0 Å². The van der Waals surface area contributed by atoms with Gasteiger partial charge in [-0.3, -0.25) is 14.4 Å². The van der Waals surface area contributed by atoms with E-state index in [-0.39, 0.29) is 45.9 Å². The van der Waals surface area contributed by atoms with Crippen LogP contribution in [0.15, 0.2) is 23.3 Å². The first-order valence-corrected chi connectivity index (χ1v) is 13.4. The molecular formula is C30H39NO5. The summed E-state index contributed by atoms with van der Waals surface area (Å²) in [5.41, 5.74) is -2.39. The molecule has 0 amide bonds. The second kappa shape index (κ2) is 7.63. The topological polar surface area (TPSA) is 104 Å². The number of hydrogen-bond acceptors (Lipinski definition) is 6. The standard InChI is InChI=1S/C30H39NO5/c1-26(2)11-12-30(25(34)36-6)10-7-18-23(19(30)15-26)20(32)13-22-27(18,3)9-8-21-28(22,4)14-17(16-31)24(33)29(21,5)35/h13-14,18-19,21,23,35H,7-12,15H2,1-6H3/t18?,19?,21?,23?,27-,28-,29-,30+/m0/s1. The van der Waals surface area contributed by atoms with Gasteiger partial charge >= 0.3 is 5.97 Å². The summed E-state index contributed by atoms with van der Waals surface area (Å²) in [6.45, 7) is 10.2. The van der Waals surface area contributed by atoms with E-state index in [1.165, 1.54) is 14.0 Å². The summed E-state index contributed by atoms with van der Waals surface area (Å²) in [7, 11) is 1.46. The second-order valence-corrected chi connectivity index (χ2v) is 13.7.